The van der Waals surface area contributed by atoms with E-state index in [0.717, 1.165) is 10.5 Å². The van der Waals surface area contributed by atoms with Gasteiger partial charge in [-0.3, -0.25) is 4.79 Å². The fourth-order valence-corrected chi connectivity index (χ4v) is 2.67. The van der Waals surface area contributed by atoms with Crippen LogP contribution in [0.5, 0.6) is 0 Å². The molecule has 2 aromatic rings. The number of halogens is 1. The summed E-state index contributed by atoms with van der Waals surface area (Å²) in [6.45, 7) is 0.474. The molecule has 0 fully saturated rings. The van der Waals surface area contributed by atoms with Gasteiger partial charge in [0, 0.05) is 11.4 Å². The molecule has 3 nitrogen and oxygen atoms in total. The third-order valence-corrected chi connectivity index (χ3v) is 3.98. The lowest BCUT2D eigenvalue weighted by Crippen LogP contribution is -2.26. The Kier molecular flexibility index (Phi) is 5.99. The minimum atomic E-state index is -0.267. The molecule has 1 N–H and O–H groups in total. The molecule has 0 atom stereocenters. The minimum Gasteiger partial charge on any atom is -0.352 e. The van der Waals surface area contributed by atoms with Crippen LogP contribution in [0.3, 0.4) is 0 Å². The number of amides is 1. The molecule has 0 aliphatic rings. The minimum absolute atomic E-state index is 0.164. The van der Waals surface area contributed by atoms with E-state index >= 15 is 0 Å². The summed E-state index contributed by atoms with van der Waals surface area (Å²) in [5.74, 6) is -0.126. The Hall–Kier alpha value is -2.32. The van der Waals surface area contributed by atoms with Gasteiger partial charge in [-0.1, -0.05) is 24.3 Å². The standard InChI is InChI=1S/C17H15FN2OS/c18-14-7-5-13(6-8-14)9-11-20-17(21)15-3-1-2-4-16(15)22-12-10-19/h1-8H,9,11-12H2,(H,20,21). The molecule has 0 heterocycles. The maximum absolute atomic E-state index is 12.8. The van der Waals surface area contributed by atoms with Crippen molar-refractivity contribution in [3.05, 3.63) is 65.5 Å². The number of benzene rings is 2. The number of carbonyl (C=O) groups is 1. The first-order valence-electron chi connectivity index (χ1n) is 6.82. The highest BCUT2D eigenvalue weighted by Gasteiger charge is 2.10. The highest BCUT2D eigenvalue weighted by atomic mass is 32.2. The Morgan fingerprint density at radius 3 is 2.64 bits per heavy atom. The second kappa shape index (κ2) is 8.20. The normalized spacial score (nSPS) is 10.0. The molecule has 0 saturated heterocycles. The molecule has 0 radical (unpaired) electrons. The Bertz CT molecular complexity index is 680. The van der Waals surface area contributed by atoms with E-state index in [4.69, 9.17) is 5.26 Å². The summed E-state index contributed by atoms with van der Waals surface area (Å²) in [6.07, 6.45) is 0.638. The van der Waals surface area contributed by atoms with Crippen molar-refractivity contribution in [1.29, 1.82) is 5.26 Å². The molecule has 2 aromatic carbocycles. The van der Waals surface area contributed by atoms with Crippen LogP contribution in [0.25, 0.3) is 0 Å². The molecule has 1 amide bonds. The number of nitriles is 1. The number of nitrogens with zero attached hydrogens (tertiary/aromatic N) is 1. The van der Waals surface area contributed by atoms with Crippen molar-refractivity contribution in [3.63, 3.8) is 0 Å². The van der Waals surface area contributed by atoms with E-state index in [-0.39, 0.29) is 11.7 Å². The summed E-state index contributed by atoms with van der Waals surface area (Å²) in [7, 11) is 0. The molecule has 0 saturated carbocycles. The zero-order chi connectivity index (χ0) is 15.8. The molecule has 0 unspecified atom stereocenters. The predicted molar refractivity (Wildman–Crippen MR) is 85.2 cm³/mol. The topological polar surface area (TPSA) is 52.9 Å². The highest BCUT2D eigenvalue weighted by molar-refractivity contribution is 7.99. The fraction of sp³-hybridized carbons (Fsp3) is 0.176. The van der Waals surface area contributed by atoms with Gasteiger partial charge in [-0.2, -0.15) is 5.26 Å². The number of thioether (sulfide) groups is 1. The molecular formula is C17H15FN2OS. The molecular weight excluding hydrogens is 299 g/mol. The Morgan fingerprint density at radius 1 is 1.18 bits per heavy atom. The maximum atomic E-state index is 12.8. The van der Waals surface area contributed by atoms with Crippen LogP contribution in [0.15, 0.2) is 53.4 Å². The van der Waals surface area contributed by atoms with Crippen LogP contribution in [0.4, 0.5) is 4.39 Å². The predicted octanol–water partition coefficient (Wildman–Crippen LogP) is 3.41. The molecule has 2 rings (SSSR count). The van der Waals surface area contributed by atoms with Gasteiger partial charge in [-0.15, -0.1) is 11.8 Å². The first-order valence-corrected chi connectivity index (χ1v) is 7.80. The largest absolute Gasteiger partial charge is 0.352 e. The van der Waals surface area contributed by atoms with E-state index in [1.54, 1.807) is 24.3 Å². The van der Waals surface area contributed by atoms with Crippen LogP contribution in [0.2, 0.25) is 0 Å². The van der Waals surface area contributed by atoms with Gasteiger partial charge >= 0.3 is 0 Å². The van der Waals surface area contributed by atoms with Crippen LogP contribution in [0, 0.1) is 17.1 Å². The molecule has 0 aromatic heterocycles. The smallest absolute Gasteiger partial charge is 0.252 e. The lowest BCUT2D eigenvalue weighted by Gasteiger charge is -2.09. The van der Waals surface area contributed by atoms with Gasteiger partial charge in [0.2, 0.25) is 0 Å². The first-order chi connectivity index (χ1) is 10.7. The molecule has 0 bridgehead atoms. The van der Waals surface area contributed by atoms with E-state index < -0.39 is 0 Å². The summed E-state index contributed by atoms with van der Waals surface area (Å²) in [5.41, 5.74) is 1.54. The average molecular weight is 314 g/mol. The molecule has 0 spiro atoms. The van der Waals surface area contributed by atoms with Crippen molar-refractivity contribution in [2.75, 3.05) is 12.3 Å². The Morgan fingerprint density at radius 2 is 1.91 bits per heavy atom. The van der Waals surface area contributed by atoms with Gasteiger partial charge in [-0.25, -0.2) is 4.39 Å². The molecule has 112 valence electrons. The Labute approximate surface area is 133 Å². The van der Waals surface area contributed by atoms with Crippen molar-refractivity contribution in [2.24, 2.45) is 0 Å². The maximum Gasteiger partial charge on any atom is 0.252 e. The van der Waals surface area contributed by atoms with Gasteiger partial charge in [0.1, 0.15) is 5.82 Å². The zero-order valence-corrected chi connectivity index (χ0v) is 12.7. The van der Waals surface area contributed by atoms with Gasteiger partial charge in [0.25, 0.3) is 5.91 Å². The van der Waals surface area contributed by atoms with Gasteiger partial charge < -0.3 is 5.32 Å². The van der Waals surface area contributed by atoms with Gasteiger partial charge in [0.15, 0.2) is 0 Å². The van der Waals surface area contributed by atoms with E-state index in [9.17, 15) is 9.18 Å². The molecule has 0 aliphatic carbocycles. The number of nitrogens with one attached hydrogen (secondary N) is 1. The Balaban J connectivity index is 1.92. The van der Waals surface area contributed by atoms with E-state index in [2.05, 4.69) is 11.4 Å². The summed E-state index contributed by atoms with van der Waals surface area (Å²) in [4.78, 5) is 13.0. The summed E-state index contributed by atoms with van der Waals surface area (Å²) in [5, 5.41) is 11.5. The van der Waals surface area contributed by atoms with Crippen molar-refractivity contribution in [3.8, 4) is 6.07 Å². The second-order valence-corrected chi connectivity index (χ2v) is 5.59. The quantitative estimate of drug-likeness (QED) is 0.831. The third-order valence-electron chi connectivity index (χ3n) is 3.04. The molecule has 0 aliphatic heterocycles. The van der Waals surface area contributed by atoms with Crippen molar-refractivity contribution in [1.82, 2.24) is 5.32 Å². The van der Waals surface area contributed by atoms with Crippen LogP contribution < -0.4 is 5.32 Å². The summed E-state index contributed by atoms with van der Waals surface area (Å²) < 4.78 is 12.8. The van der Waals surface area contributed by atoms with Gasteiger partial charge in [-0.05, 0) is 36.2 Å². The summed E-state index contributed by atoms with van der Waals surface area (Å²) >= 11 is 1.34. The summed E-state index contributed by atoms with van der Waals surface area (Å²) in [6, 6.07) is 15.5. The number of hydrogen-bond acceptors (Lipinski definition) is 3. The highest BCUT2D eigenvalue weighted by Crippen LogP contribution is 2.22. The monoisotopic (exact) mass is 314 g/mol. The fourth-order valence-electron chi connectivity index (χ4n) is 1.96. The van der Waals surface area contributed by atoms with Crippen molar-refractivity contribution >= 4 is 17.7 Å². The molecule has 5 heteroatoms. The number of hydrogen-bond donors (Lipinski definition) is 1. The van der Waals surface area contributed by atoms with Crippen molar-refractivity contribution in [2.45, 2.75) is 11.3 Å². The van der Waals surface area contributed by atoms with Crippen LogP contribution in [-0.2, 0) is 6.42 Å². The zero-order valence-electron chi connectivity index (χ0n) is 11.9. The second-order valence-electron chi connectivity index (χ2n) is 4.58. The van der Waals surface area contributed by atoms with Crippen LogP contribution >= 0.6 is 11.8 Å². The average Bonchev–Trinajstić information content (AvgIpc) is 2.55. The van der Waals surface area contributed by atoms with E-state index in [1.165, 1.54) is 23.9 Å². The third kappa shape index (κ3) is 4.61. The lowest BCUT2D eigenvalue weighted by molar-refractivity contribution is 0.0951. The van der Waals surface area contributed by atoms with E-state index in [0.29, 0.717) is 24.3 Å². The molecule has 22 heavy (non-hydrogen) atoms. The first kappa shape index (κ1) is 16.1. The number of carbonyl (C=O) groups excluding carboxylic acids is 1. The van der Waals surface area contributed by atoms with Crippen LogP contribution in [0.1, 0.15) is 15.9 Å². The SMILES string of the molecule is N#CCSc1ccccc1C(=O)NCCc1ccc(F)cc1. The van der Waals surface area contributed by atoms with Crippen molar-refractivity contribution < 1.29 is 9.18 Å². The van der Waals surface area contributed by atoms with Crippen LogP contribution in [-0.4, -0.2) is 18.2 Å². The van der Waals surface area contributed by atoms with Gasteiger partial charge in [0.05, 0.1) is 17.4 Å². The number of rotatable bonds is 6. The lowest BCUT2D eigenvalue weighted by atomic mass is 10.1. The van der Waals surface area contributed by atoms with E-state index in [1.807, 2.05) is 12.1 Å².